The molecule has 4 nitrogen and oxygen atoms in total. The second kappa shape index (κ2) is 7.49. The first-order chi connectivity index (χ1) is 10.3. The summed E-state index contributed by atoms with van der Waals surface area (Å²) >= 11 is 0. The number of hydrogen-bond donors (Lipinski definition) is 1. The number of anilines is 2. The van der Waals surface area contributed by atoms with Crippen LogP contribution in [0.25, 0.3) is 10.9 Å². The minimum atomic E-state index is 0. The van der Waals surface area contributed by atoms with Crippen LogP contribution in [0.2, 0.25) is 0 Å². The van der Waals surface area contributed by atoms with Crippen molar-refractivity contribution >= 4 is 22.4 Å². The zero-order valence-electron chi connectivity index (χ0n) is 12.8. The standard InChI is InChI=1S/C17H19N4.HI/c1-3-12-21-19-16-7-5-4-6-15(16)17(20-21)18-14-10-8-13(2)9-11-14;/h4-11H,3,12H2,1-2H3,(H,18,19,20);1H/q+1;/p-1. The molecule has 0 unspecified atom stereocenters. The van der Waals surface area contributed by atoms with Crippen molar-refractivity contribution in [1.82, 2.24) is 10.2 Å². The third kappa shape index (κ3) is 3.71. The molecule has 1 N–H and O–H groups in total. The van der Waals surface area contributed by atoms with Gasteiger partial charge in [-0.15, -0.1) is 0 Å². The van der Waals surface area contributed by atoms with E-state index < -0.39 is 0 Å². The molecule has 3 aromatic rings. The maximum atomic E-state index is 4.60. The molecule has 0 atom stereocenters. The van der Waals surface area contributed by atoms with E-state index in [2.05, 4.69) is 53.6 Å². The Balaban J connectivity index is 0.00000176. The molecule has 2 aromatic carbocycles. The van der Waals surface area contributed by atoms with Crippen molar-refractivity contribution in [2.75, 3.05) is 5.32 Å². The van der Waals surface area contributed by atoms with Gasteiger partial charge in [-0.3, -0.25) is 0 Å². The summed E-state index contributed by atoms with van der Waals surface area (Å²) in [6.07, 6.45) is 1.01. The summed E-state index contributed by atoms with van der Waals surface area (Å²) in [5.74, 6) is 0.845. The fourth-order valence-electron chi connectivity index (χ4n) is 2.24. The highest BCUT2D eigenvalue weighted by Gasteiger charge is 2.13. The van der Waals surface area contributed by atoms with E-state index in [-0.39, 0.29) is 24.0 Å². The third-order valence-corrected chi connectivity index (χ3v) is 3.34. The van der Waals surface area contributed by atoms with Crippen molar-refractivity contribution in [2.45, 2.75) is 26.8 Å². The summed E-state index contributed by atoms with van der Waals surface area (Å²) in [7, 11) is 0. The van der Waals surface area contributed by atoms with Gasteiger partial charge in [-0.25, -0.2) is 0 Å². The van der Waals surface area contributed by atoms with Gasteiger partial charge in [0.15, 0.2) is 0 Å². The number of nitrogens with zero attached hydrogens (tertiary/aromatic N) is 3. The van der Waals surface area contributed by atoms with Gasteiger partial charge in [0, 0.05) is 27.1 Å². The van der Waals surface area contributed by atoms with E-state index in [1.807, 2.05) is 24.3 Å². The predicted octanol–water partition coefficient (Wildman–Crippen LogP) is 0.383. The Morgan fingerprint density at radius 1 is 1.00 bits per heavy atom. The Morgan fingerprint density at radius 2 is 1.73 bits per heavy atom. The van der Waals surface area contributed by atoms with E-state index in [1.54, 1.807) is 4.80 Å². The van der Waals surface area contributed by atoms with Crippen LogP contribution >= 0.6 is 0 Å². The lowest BCUT2D eigenvalue weighted by molar-refractivity contribution is -0.804. The van der Waals surface area contributed by atoms with Crippen LogP contribution in [-0.2, 0) is 6.54 Å². The first-order valence-electron chi connectivity index (χ1n) is 7.27. The smallest absolute Gasteiger partial charge is 0.210 e. The first kappa shape index (κ1) is 16.6. The Labute approximate surface area is 147 Å². The predicted molar refractivity (Wildman–Crippen MR) is 84.5 cm³/mol. The molecular weight excluding hydrogens is 387 g/mol. The van der Waals surface area contributed by atoms with E-state index in [1.165, 1.54) is 5.56 Å². The number of aromatic nitrogens is 3. The van der Waals surface area contributed by atoms with Crippen molar-refractivity contribution in [1.29, 1.82) is 0 Å². The molecule has 0 saturated carbocycles. The monoisotopic (exact) mass is 406 g/mol. The van der Waals surface area contributed by atoms with Crippen LogP contribution in [0.1, 0.15) is 18.9 Å². The van der Waals surface area contributed by atoms with E-state index in [0.717, 1.165) is 35.4 Å². The Kier molecular flexibility index (Phi) is 5.65. The van der Waals surface area contributed by atoms with Gasteiger partial charge in [-0.1, -0.05) is 36.8 Å². The van der Waals surface area contributed by atoms with Crippen molar-refractivity contribution < 1.29 is 28.8 Å². The molecule has 5 heteroatoms. The van der Waals surface area contributed by atoms with Crippen LogP contribution in [0.5, 0.6) is 0 Å². The minimum absolute atomic E-state index is 0. The molecule has 0 fully saturated rings. The van der Waals surface area contributed by atoms with Crippen molar-refractivity contribution in [2.24, 2.45) is 0 Å². The number of rotatable bonds is 4. The van der Waals surface area contributed by atoms with E-state index in [9.17, 15) is 0 Å². The maximum absolute atomic E-state index is 4.60. The molecule has 0 saturated heterocycles. The summed E-state index contributed by atoms with van der Waals surface area (Å²) in [6, 6.07) is 16.4. The average Bonchev–Trinajstić information content (AvgIpc) is 2.50. The fourth-order valence-corrected chi connectivity index (χ4v) is 2.24. The quantitative estimate of drug-likeness (QED) is 0.504. The molecule has 1 heterocycles. The molecule has 0 radical (unpaired) electrons. The number of nitrogens with one attached hydrogen (secondary N) is 1. The molecule has 3 rings (SSSR count). The number of aryl methyl sites for hydroxylation is 2. The first-order valence-corrected chi connectivity index (χ1v) is 7.27. The van der Waals surface area contributed by atoms with Gasteiger partial charge in [0.25, 0.3) is 0 Å². The van der Waals surface area contributed by atoms with Gasteiger partial charge in [0.2, 0.25) is 12.4 Å². The third-order valence-electron chi connectivity index (χ3n) is 3.34. The molecule has 0 bridgehead atoms. The molecule has 22 heavy (non-hydrogen) atoms. The van der Waals surface area contributed by atoms with Crippen LogP contribution in [0.3, 0.4) is 0 Å². The van der Waals surface area contributed by atoms with Crippen LogP contribution < -0.4 is 34.1 Å². The second-order valence-electron chi connectivity index (χ2n) is 5.15. The SMILES string of the molecule is CCC[n+]1nc(Nc2ccc(C)cc2)c2ccccc2n1.[I-]. The van der Waals surface area contributed by atoms with E-state index in [4.69, 9.17) is 0 Å². The Bertz CT molecular complexity index is 756. The van der Waals surface area contributed by atoms with Gasteiger partial charge in [0.05, 0.1) is 5.39 Å². The number of benzene rings is 2. The van der Waals surface area contributed by atoms with Crippen LogP contribution in [0.15, 0.2) is 48.5 Å². The number of hydrogen-bond acceptors (Lipinski definition) is 3. The highest BCUT2D eigenvalue weighted by atomic mass is 127. The van der Waals surface area contributed by atoms with Crippen LogP contribution in [0, 0.1) is 6.92 Å². The summed E-state index contributed by atoms with van der Waals surface area (Å²) in [5.41, 5.74) is 3.23. The highest BCUT2D eigenvalue weighted by molar-refractivity contribution is 5.89. The van der Waals surface area contributed by atoms with Crippen molar-refractivity contribution in [3.63, 3.8) is 0 Å². The summed E-state index contributed by atoms with van der Waals surface area (Å²) < 4.78 is 0. The van der Waals surface area contributed by atoms with E-state index >= 15 is 0 Å². The number of halogens is 1. The van der Waals surface area contributed by atoms with Crippen LogP contribution in [-0.4, -0.2) is 10.2 Å². The van der Waals surface area contributed by atoms with Gasteiger partial charge in [-0.2, -0.15) is 0 Å². The van der Waals surface area contributed by atoms with Crippen molar-refractivity contribution in [3.8, 4) is 0 Å². The summed E-state index contributed by atoms with van der Waals surface area (Å²) in [5, 5.41) is 13.6. The lowest BCUT2D eigenvalue weighted by Gasteiger charge is -2.06. The highest BCUT2D eigenvalue weighted by Crippen LogP contribution is 2.21. The zero-order chi connectivity index (χ0) is 14.7. The topological polar surface area (TPSA) is 41.7 Å². The molecule has 0 aliphatic rings. The Hall–Kier alpha value is -1.76. The van der Waals surface area contributed by atoms with Gasteiger partial charge >= 0.3 is 0 Å². The average molecular weight is 406 g/mol. The molecule has 0 aliphatic carbocycles. The lowest BCUT2D eigenvalue weighted by atomic mass is 10.2. The number of fused-ring (bicyclic) bond motifs is 1. The lowest BCUT2D eigenvalue weighted by Crippen LogP contribution is -3.00. The summed E-state index contributed by atoms with van der Waals surface area (Å²) in [4.78, 5) is 1.76. The molecule has 0 aliphatic heterocycles. The van der Waals surface area contributed by atoms with Gasteiger partial charge in [0.1, 0.15) is 5.52 Å². The Morgan fingerprint density at radius 3 is 2.45 bits per heavy atom. The zero-order valence-corrected chi connectivity index (χ0v) is 14.9. The van der Waals surface area contributed by atoms with Crippen molar-refractivity contribution in [3.05, 3.63) is 54.1 Å². The molecule has 1 aromatic heterocycles. The largest absolute Gasteiger partial charge is 1.00 e. The second-order valence-corrected chi connectivity index (χ2v) is 5.15. The molecule has 0 spiro atoms. The molecule has 114 valence electrons. The van der Waals surface area contributed by atoms with Gasteiger partial charge < -0.3 is 29.3 Å². The van der Waals surface area contributed by atoms with Crippen LogP contribution in [0.4, 0.5) is 11.5 Å². The molecular formula is C17H19IN4. The minimum Gasteiger partial charge on any atom is -1.00 e. The normalized spacial score (nSPS) is 10.3. The van der Waals surface area contributed by atoms with E-state index in [0.29, 0.717) is 0 Å². The fraction of sp³-hybridized carbons (Fsp3) is 0.235. The summed E-state index contributed by atoms with van der Waals surface area (Å²) in [6.45, 7) is 5.02. The van der Waals surface area contributed by atoms with Gasteiger partial charge in [-0.05, 0) is 31.2 Å². The maximum Gasteiger partial charge on any atom is 0.210 e. The molecule has 0 amide bonds.